The van der Waals surface area contributed by atoms with Gasteiger partial charge >= 0.3 is 0 Å². The molecule has 0 aromatic carbocycles. The Bertz CT molecular complexity index is 92.7. The van der Waals surface area contributed by atoms with Gasteiger partial charge in [0.2, 0.25) is 0 Å². The molecule has 0 bridgehead atoms. The summed E-state index contributed by atoms with van der Waals surface area (Å²) in [7, 11) is 0. The molecule has 0 spiro atoms. The predicted octanol–water partition coefficient (Wildman–Crippen LogP) is 2.18. The Morgan fingerprint density at radius 3 is 2.56 bits per heavy atom. The SMILES string of the molecule is CC=CCC=CCC[NH]. The van der Waals surface area contributed by atoms with Crippen LogP contribution in [0.25, 0.3) is 0 Å². The average Bonchev–Trinajstić information content (AvgIpc) is 1.89. The molecule has 0 rings (SSSR count). The molecule has 0 amide bonds. The van der Waals surface area contributed by atoms with Gasteiger partial charge in [0.05, 0.1) is 0 Å². The van der Waals surface area contributed by atoms with E-state index < -0.39 is 0 Å². The van der Waals surface area contributed by atoms with Crippen LogP contribution in [0.3, 0.4) is 0 Å². The minimum absolute atomic E-state index is 0.506. The molecule has 0 fully saturated rings. The smallest absolute Gasteiger partial charge is 0.0134 e. The van der Waals surface area contributed by atoms with Crippen LogP contribution in [0.4, 0.5) is 0 Å². The second-order valence-electron chi connectivity index (χ2n) is 1.81. The maximum absolute atomic E-state index is 6.81. The van der Waals surface area contributed by atoms with Crippen molar-refractivity contribution in [1.82, 2.24) is 5.73 Å². The molecule has 1 radical (unpaired) electrons. The lowest BCUT2D eigenvalue weighted by atomic mass is 10.3. The summed E-state index contributed by atoms with van der Waals surface area (Å²) in [4.78, 5) is 0. The van der Waals surface area contributed by atoms with Crippen LogP contribution < -0.4 is 5.73 Å². The van der Waals surface area contributed by atoms with Gasteiger partial charge in [0.1, 0.15) is 0 Å². The van der Waals surface area contributed by atoms with E-state index >= 15 is 0 Å². The van der Waals surface area contributed by atoms with Crippen LogP contribution >= 0.6 is 0 Å². The van der Waals surface area contributed by atoms with Crippen molar-refractivity contribution in [2.45, 2.75) is 19.8 Å². The molecule has 51 valence electrons. The zero-order valence-corrected chi connectivity index (χ0v) is 5.93. The van der Waals surface area contributed by atoms with E-state index in [1.807, 2.05) is 19.1 Å². The monoisotopic (exact) mass is 124 g/mol. The van der Waals surface area contributed by atoms with Crippen molar-refractivity contribution in [2.75, 3.05) is 6.54 Å². The lowest BCUT2D eigenvalue weighted by molar-refractivity contribution is 0.972. The number of hydrogen-bond acceptors (Lipinski definition) is 0. The summed E-state index contributed by atoms with van der Waals surface area (Å²) in [6, 6.07) is 0. The second-order valence-corrected chi connectivity index (χ2v) is 1.81. The molecule has 1 N–H and O–H groups in total. The van der Waals surface area contributed by atoms with Gasteiger partial charge in [0.25, 0.3) is 0 Å². The molecule has 0 atom stereocenters. The zero-order chi connectivity index (χ0) is 6.95. The maximum Gasteiger partial charge on any atom is 0.0134 e. The normalized spacial score (nSPS) is 11.8. The van der Waals surface area contributed by atoms with Gasteiger partial charge in [-0.1, -0.05) is 24.3 Å². The Morgan fingerprint density at radius 2 is 2.00 bits per heavy atom. The predicted molar refractivity (Wildman–Crippen MR) is 41.2 cm³/mol. The Labute approximate surface area is 57.3 Å². The van der Waals surface area contributed by atoms with Gasteiger partial charge in [0.15, 0.2) is 0 Å². The first-order valence-corrected chi connectivity index (χ1v) is 3.32. The average molecular weight is 124 g/mol. The summed E-state index contributed by atoms with van der Waals surface area (Å²) in [5, 5.41) is 0. The molecule has 0 saturated heterocycles. The van der Waals surface area contributed by atoms with E-state index in [0.717, 1.165) is 12.8 Å². The summed E-state index contributed by atoms with van der Waals surface area (Å²) >= 11 is 0. The van der Waals surface area contributed by atoms with Crippen molar-refractivity contribution in [3.8, 4) is 0 Å². The number of rotatable bonds is 4. The highest BCUT2D eigenvalue weighted by molar-refractivity contribution is 4.91. The largest absolute Gasteiger partial charge is 0.258 e. The molecule has 0 saturated carbocycles. The molecule has 0 aliphatic heterocycles. The molecule has 9 heavy (non-hydrogen) atoms. The molecule has 0 aliphatic rings. The van der Waals surface area contributed by atoms with Gasteiger partial charge < -0.3 is 0 Å². The minimum atomic E-state index is 0.506. The highest BCUT2D eigenvalue weighted by Crippen LogP contribution is 1.87. The number of hydrogen-bond donors (Lipinski definition) is 0. The van der Waals surface area contributed by atoms with Gasteiger partial charge in [-0.25, -0.2) is 0 Å². The van der Waals surface area contributed by atoms with Crippen molar-refractivity contribution in [3.63, 3.8) is 0 Å². The maximum atomic E-state index is 6.81. The summed E-state index contributed by atoms with van der Waals surface area (Å²) in [6.07, 6.45) is 10.2. The summed E-state index contributed by atoms with van der Waals surface area (Å²) in [5.41, 5.74) is 6.81. The van der Waals surface area contributed by atoms with Crippen molar-refractivity contribution < 1.29 is 0 Å². The van der Waals surface area contributed by atoms with Crippen molar-refractivity contribution in [2.24, 2.45) is 0 Å². The van der Waals surface area contributed by atoms with Crippen molar-refractivity contribution in [3.05, 3.63) is 24.3 Å². The first kappa shape index (κ1) is 8.44. The standard InChI is InChI=1S/C8H14N/c1-2-3-4-5-6-7-8-9/h2-3,5-6,9H,4,7-8H2,1H3. The van der Waals surface area contributed by atoms with E-state index in [2.05, 4.69) is 12.2 Å². The van der Waals surface area contributed by atoms with Crippen LogP contribution in [0.1, 0.15) is 19.8 Å². The number of nitrogens with one attached hydrogen (secondary N) is 1. The van der Waals surface area contributed by atoms with Gasteiger partial charge in [-0.15, -0.1) is 0 Å². The zero-order valence-electron chi connectivity index (χ0n) is 5.93. The summed E-state index contributed by atoms with van der Waals surface area (Å²) in [5.74, 6) is 0. The van der Waals surface area contributed by atoms with E-state index in [-0.39, 0.29) is 0 Å². The lowest BCUT2D eigenvalue weighted by Crippen LogP contribution is -1.77. The molecular weight excluding hydrogens is 110 g/mol. The third kappa shape index (κ3) is 7.44. The fraction of sp³-hybridized carbons (Fsp3) is 0.500. The third-order valence-corrected chi connectivity index (χ3v) is 0.986. The van der Waals surface area contributed by atoms with Gasteiger partial charge in [-0.3, -0.25) is 5.73 Å². The van der Waals surface area contributed by atoms with E-state index in [0.29, 0.717) is 6.54 Å². The van der Waals surface area contributed by atoms with Crippen LogP contribution in [0.5, 0.6) is 0 Å². The van der Waals surface area contributed by atoms with E-state index in [1.54, 1.807) is 0 Å². The molecule has 0 unspecified atom stereocenters. The highest BCUT2D eigenvalue weighted by Gasteiger charge is 1.71. The van der Waals surface area contributed by atoms with Gasteiger partial charge in [0, 0.05) is 6.54 Å². The van der Waals surface area contributed by atoms with Crippen LogP contribution in [0.2, 0.25) is 0 Å². The van der Waals surface area contributed by atoms with Crippen LogP contribution in [-0.2, 0) is 0 Å². The third-order valence-electron chi connectivity index (χ3n) is 0.986. The topological polar surface area (TPSA) is 23.8 Å². The quantitative estimate of drug-likeness (QED) is 0.513. The Hall–Kier alpha value is -0.560. The summed E-state index contributed by atoms with van der Waals surface area (Å²) in [6.45, 7) is 2.52. The molecule has 0 aromatic rings. The fourth-order valence-corrected chi connectivity index (χ4v) is 0.512. The Morgan fingerprint density at radius 1 is 1.22 bits per heavy atom. The molecule has 0 aliphatic carbocycles. The molecule has 0 heterocycles. The van der Waals surface area contributed by atoms with Crippen LogP contribution in [0.15, 0.2) is 24.3 Å². The van der Waals surface area contributed by atoms with Gasteiger partial charge in [-0.2, -0.15) is 0 Å². The fourth-order valence-electron chi connectivity index (χ4n) is 0.512. The first-order chi connectivity index (χ1) is 4.41. The van der Waals surface area contributed by atoms with E-state index in [9.17, 15) is 0 Å². The Balaban J connectivity index is 3.04. The van der Waals surface area contributed by atoms with Crippen molar-refractivity contribution in [1.29, 1.82) is 0 Å². The van der Waals surface area contributed by atoms with E-state index in [1.165, 1.54) is 0 Å². The lowest BCUT2D eigenvalue weighted by Gasteiger charge is -1.81. The minimum Gasteiger partial charge on any atom is -0.258 e. The molecular formula is C8H14N. The van der Waals surface area contributed by atoms with Crippen LogP contribution in [0, 0.1) is 0 Å². The number of allylic oxidation sites excluding steroid dienone is 3. The molecule has 1 heteroatoms. The summed E-state index contributed by atoms with van der Waals surface area (Å²) < 4.78 is 0. The molecule has 0 aromatic heterocycles. The molecule has 1 nitrogen and oxygen atoms in total. The van der Waals surface area contributed by atoms with E-state index in [4.69, 9.17) is 5.73 Å². The van der Waals surface area contributed by atoms with Gasteiger partial charge in [-0.05, 0) is 19.8 Å². The highest BCUT2D eigenvalue weighted by atomic mass is 14.5. The Kier molecular flexibility index (Phi) is 6.98. The second kappa shape index (κ2) is 7.44. The van der Waals surface area contributed by atoms with Crippen molar-refractivity contribution >= 4 is 0 Å². The first-order valence-electron chi connectivity index (χ1n) is 3.32. The van der Waals surface area contributed by atoms with Crippen LogP contribution in [-0.4, -0.2) is 6.54 Å².